The van der Waals surface area contributed by atoms with Crippen LogP contribution in [0.1, 0.15) is 45.1 Å². The maximum Gasteiger partial charge on any atom is 0.220 e. The van der Waals surface area contributed by atoms with Crippen molar-refractivity contribution < 1.29 is 9.18 Å². The van der Waals surface area contributed by atoms with Crippen LogP contribution in [-0.4, -0.2) is 25.5 Å². The fraction of sp³-hybridized carbons (Fsp3) is 0.611. The van der Waals surface area contributed by atoms with Gasteiger partial charge in [0, 0.05) is 18.4 Å². The molecule has 0 bridgehead atoms. The van der Waals surface area contributed by atoms with E-state index in [0.29, 0.717) is 18.9 Å². The molecule has 0 spiro atoms. The van der Waals surface area contributed by atoms with Crippen LogP contribution in [0.2, 0.25) is 0 Å². The normalized spacial score (nSPS) is 15.8. The van der Waals surface area contributed by atoms with Crippen LogP contribution in [0.25, 0.3) is 0 Å². The highest BCUT2D eigenvalue weighted by atomic mass is 35.5. The smallest absolute Gasteiger partial charge is 0.220 e. The summed E-state index contributed by atoms with van der Waals surface area (Å²) in [5.74, 6) is 0.536. The SMILES string of the molecule is CC(C)(CNC(=O)CCC1CCNCC1)c1cccc(F)c1.Cl. The van der Waals surface area contributed by atoms with Crippen LogP contribution < -0.4 is 10.6 Å². The first kappa shape index (κ1) is 19.9. The first-order valence-corrected chi connectivity index (χ1v) is 8.21. The van der Waals surface area contributed by atoms with Crippen LogP contribution >= 0.6 is 12.4 Å². The van der Waals surface area contributed by atoms with Crippen molar-refractivity contribution in [1.82, 2.24) is 10.6 Å². The molecular formula is C18H28ClFN2O. The number of halogens is 2. The fourth-order valence-electron chi connectivity index (χ4n) is 2.93. The van der Waals surface area contributed by atoms with E-state index >= 15 is 0 Å². The van der Waals surface area contributed by atoms with E-state index in [1.165, 1.54) is 18.9 Å². The van der Waals surface area contributed by atoms with Crippen molar-refractivity contribution in [2.45, 2.75) is 44.9 Å². The number of hydrogen-bond donors (Lipinski definition) is 2. The summed E-state index contributed by atoms with van der Waals surface area (Å²) in [5, 5.41) is 6.34. The molecule has 23 heavy (non-hydrogen) atoms. The third-order valence-corrected chi connectivity index (χ3v) is 4.57. The highest BCUT2D eigenvalue weighted by Crippen LogP contribution is 2.23. The van der Waals surface area contributed by atoms with Crippen LogP contribution in [0.3, 0.4) is 0 Å². The van der Waals surface area contributed by atoms with Crippen LogP contribution in [0, 0.1) is 11.7 Å². The molecule has 3 nitrogen and oxygen atoms in total. The number of hydrogen-bond acceptors (Lipinski definition) is 2. The summed E-state index contributed by atoms with van der Waals surface area (Å²) in [6.07, 6.45) is 3.89. The van der Waals surface area contributed by atoms with Gasteiger partial charge in [0.05, 0.1) is 0 Å². The van der Waals surface area contributed by atoms with Gasteiger partial charge in [-0.05, 0) is 56.0 Å². The Labute approximate surface area is 144 Å². The van der Waals surface area contributed by atoms with E-state index in [1.807, 2.05) is 19.9 Å². The predicted molar refractivity (Wildman–Crippen MR) is 94.5 cm³/mol. The first-order valence-electron chi connectivity index (χ1n) is 8.21. The molecule has 1 saturated heterocycles. The third-order valence-electron chi connectivity index (χ3n) is 4.57. The molecule has 0 aliphatic carbocycles. The zero-order valence-electron chi connectivity index (χ0n) is 14.0. The van der Waals surface area contributed by atoms with Gasteiger partial charge in [-0.1, -0.05) is 26.0 Å². The largest absolute Gasteiger partial charge is 0.355 e. The molecule has 1 fully saturated rings. The minimum absolute atomic E-state index is 0. The Bertz CT molecular complexity index is 502. The third kappa shape index (κ3) is 6.48. The molecule has 2 N–H and O–H groups in total. The van der Waals surface area contributed by atoms with Crippen LogP contribution in [0.5, 0.6) is 0 Å². The predicted octanol–water partition coefficient (Wildman–Crippen LogP) is 3.42. The van der Waals surface area contributed by atoms with Gasteiger partial charge in [0.2, 0.25) is 5.91 Å². The van der Waals surface area contributed by atoms with E-state index in [-0.39, 0.29) is 29.5 Å². The molecule has 1 amide bonds. The molecule has 2 rings (SSSR count). The van der Waals surface area contributed by atoms with Gasteiger partial charge in [-0.15, -0.1) is 12.4 Å². The summed E-state index contributed by atoms with van der Waals surface area (Å²) in [6.45, 7) is 6.71. The Morgan fingerprint density at radius 3 is 2.70 bits per heavy atom. The van der Waals surface area contributed by atoms with Crippen molar-refractivity contribution in [3.8, 4) is 0 Å². The molecule has 0 atom stereocenters. The van der Waals surface area contributed by atoms with Crippen LogP contribution in [-0.2, 0) is 10.2 Å². The molecule has 1 heterocycles. The molecule has 1 aromatic carbocycles. The number of piperidine rings is 1. The number of carbonyl (C=O) groups excluding carboxylic acids is 1. The Morgan fingerprint density at radius 2 is 2.04 bits per heavy atom. The molecule has 1 aliphatic rings. The fourth-order valence-corrected chi connectivity index (χ4v) is 2.93. The summed E-state index contributed by atoms with van der Waals surface area (Å²) in [6, 6.07) is 6.61. The van der Waals surface area contributed by atoms with E-state index in [0.717, 1.165) is 25.1 Å². The van der Waals surface area contributed by atoms with Crippen molar-refractivity contribution in [3.63, 3.8) is 0 Å². The monoisotopic (exact) mass is 342 g/mol. The average Bonchev–Trinajstić information content (AvgIpc) is 2.52. The summed E-state index contributed by atoms with van der Waals surface area (Å²) in [4.78, 5) is 12.0. The molecule has 130 valence electrons. The maximum atomic E-state index is 13.3. The second kappa shape index (κ2) is 9.24. The standard InChI is InChI=1S/C18H27FN2O.ClH/c1-18(2,15-4-3-5-16(19)12-15)13-21-17(22)7-6-14-8-10-20-11-9-14;/h3-5,12,14,20H,6-11,13H2,1-2H3,(H,21,22);1H. The van der Waals surface area contributed by atoms with Crippen molar-refractivity contribution in [1.29, 1.82) is 0 Å². The van der Waals surface area contributed by atoms with E-state index in [1.54, 1.807) is 12.1 Å². The van der Waals surface area contributed by atoms with Gasteiger partial charge in [0.15, 0.2) is 0 Å². The van der Waals surface area contributed by atoms with Crippen molar-refractivity contribution in [2.75, 3.05) is 19.6 Å². The quantitative estimate of drug-likeness (QED) is 0.831. The minimum Gasteiger partial charge on any atom is -0.355 e. The van der Waals surface area contributed by atoms with Gasteiger partial charge in [-0.25, -0.2) is 4.39 Å². The Hall–Kier alpha value is -1.13. The Kier molecular flexibility index (Phi) is 8.00. The lowest BCUT2D eigenvalue weighted by atomic mass is 9.84. The Morgan fingerprint density at radius 1 is 1.35 bits per heavy atom. The molecule has 5 heteroatoms. The lowest BCUT2D eigenvalue weighted by molar-refractivity contribution is -0.121. The zero-order chi connectivity index (χ0) is 16.0. The van der Waals surface area contributed by atoms with Crippen molar-refractivity contribution in [2.24, 2.45) is 5.92 Å². The van der Waals surface area contributed by atoms with Gasteiger partial charge in [0.1, 0.15) is 5.82 Å². The molecule has 0 saturated carbocycles. The molecule has 0 aromatic heterocycles. The Balaban J connectivity index is 0.00000264. The summed E-state index contributed by atoms with van der Waals surface area (Å²) in [7, 11) is 0. The molecule has 0 unspecified atom stereocenters. The zero-order valence-corrected chi connectivity index (χ0v) is 14.8. The molecular weight excluding hydrogens is 315 g/mol. The van der Waals surface area contributed by atoms with E-state index in [9.17, 15) is 9.18 Å². The topological polar surface area (TPSA) is 41.1 Å². The van der Waals surface area contributed by atoms with Gasteiger partial charge in [0.25, 0.3) is 0 Å². The van der Waals surface area contributed by atoms with Crippen molar-refractivity contribution >= 4 is 18.3 Å². The number of carbonyl (C=O) groups is 1. The lowest BCUT2D eigenvalue weighted by Gasteiger charge is -2.26. The number of nitrogens with one attached hydrogen (secondary N) is 2. The molecule has 1 aliphatic heterocycles. The second-order valence-electron chi connectivity index (χ2n) is 6.90. The number of rotatable bonds is 6. The van der Waals surface area contributed by atoms with E-state index in [2.05, 4.69) is 10.6 Å². The molecule has 0 radical (unpaired) electrons. The average molecular weight is 343 g/mol. The first-order chi connectivity index (χ1) is 10.5. The van der Waals surface area contributed by atoms with Gasteiger partial charge < -0.3 is 10.6 Å². The summed E-state index contributed by atoms with van der Waals surface area (Å²) < 4.78 is 13.3. The second-order valence-corrected chi connectivity index (χ2v) is 6.90. The van der Waals surface area contributed by atoms with E-state index in [4.69, 9.17) is 0 Å². The van der Waals surface area contributed by atoms with E-state index < -0.39 is 0 Å². The van der Waals surface area contributed by atoms with Gasteiger partial charge in [-0.2, -0.15) is 0 Å². The van der Waals surface area contributed by atoms with Crippen LogP contribution in [0.4, 0.5) is 4.39 Å². The minimum atomic E-state index is -0.271. The maximum absolute atomic E-state index is 13.3. The number of benzene rings is 1. The highest BCUT2D eigenvalue weighted by Gasteiger charge is 2.22. The van der Waals surface area contributed by atoms with Gasteiger partial charge >= 0.3 is 0 Å². The molecule has 1 aromatic rings. The van der Waals surface area contributed by atoms with Crippen molar-refractivity contribution in [3.05, 3.63) is 35.6 Å². The van der Waals surface area contributed by atoms with Crippen LogP contribution in [0.15, 0.2) is 24.3 Å². The summed E-state index contributed by atoms with van der Waals surface area (Å²) >= 11 is 0. The lowest BCUT2D eigenvalue weighted by Crippen LogP contribution is -2.37. The highest BCUT2D eigenvalue weighted by molar-refractivity contribution is 5.85. The summed E-state index contributed by atoms with van der Waals surface area (Å²) in [5.41, 5.74) is 0.637. The van der Waals surface area contributed by atoms with Gasteiger partial charge in [-0.3, -0.25) is 4.79 Å². The number of amides is 1.